The number of likely N-dealkylation sites (tertiary alicyclic amines) is 1. The third-order valence-corrected chi connectivity index (χ3v) is 4.12. The van der Waals surface area contributed by atoms with Gasteiger partial charge in [-0.25, -0.2) is 0 Å². The third kappa shape index (κ3) is 4.46. The minimum Gasteiger partial charge on any atom is -0.492 e. The van der Waals surface area contributed by atoms with Crippen LogP contribution in [0.3, 0.4) is 0 Å². The molecule has 1 aromatic rings. The van der Waals surface area contributed by atoms with Crippen LogP contribution < -0.4 is 10.5 Å². The molecule has 0 aromatic heterocycles. The summed E-state index contributed by atoms with van der Waals surface area (Å²) in [5.41, 5.74) is 6.45. The van der Waals surface area contributed by atoms with Crippen LogP contribution in [-0.2, 0) is 0 Å². The predicted octanol–water partition coefficient (Wildman–Crippen LogP) is 2.82. The maximum Gasteiger partial charge on any atom is 0.119 e. The maximum absolute atomic E-state index is 5.77. The molecule has 2 N–H and O–H groups in total. The molecule has 0 spiro atoms. The zero-order chi connectivity index (χ0) is 14.4. The Bertz CT molecular complexity index is 433. The van der Waals surface area contributed by atoms with Crippen molar-refractivity contribution in [2.24, 2.45) is 11.7 Å². The Morgan fingerprint density at radius 3 is 2.80 bits per heavy atom. The van der Waals surface area contributed by atoms with E-state index in [1.807, 2.05) is 24.3 Å². The fraction of sp³-hybridized carbons (Fsp3) is 0.562. The van der Waals surface area contributed by atoms with Gasteiger partial charge in [-0.1, -0.05) is 25.6 Å². The van der Waals surface area contributed by atoms with Crippen LogP contribution in [0.5, 0.6) is 5.75 Å². The van der Waals surface area contributed by atoms with Crippen LogP contribution in [0.1, 0.15) is 31.7 Å². The lowest BCUT2D eigenvalue weighted by atomic mass is 10.0. The SMILES string of the molecule is CCCC1CCN(CCOc2ccc(C(N)=S)cc2)C1. The monoisotopic (exact) mass is 292 g/mol. The van der Waals surface area contributed by atoms with Gasteiger partial charge in [0, 0.05) is 18.7 Å². The fourth-order valence-corrected chi connectivity index (χ4v) is 2.90. The Balaban J connectivity index is 1.69. The van der Waals surface area contributed by atoms with Crippen molar-refractivity contribution in [2.45, 2.75) is 26.2 Å². The van der Waals surface area contributed by atoms with Gasteiger partial charge >= 0.3 is 0 Å². The van der Waals surface area contributed by atoms with Gasteiger partial charge in [0.15, 0.2) is 0 Å². The highest BCUT2D eigenvalue weighted by Gasteiger charge is 2.20. The second-order valence-corrected chi connectivity index (χ2v) is 5.92. The molecule has 0 bridgehead atoms. The lowest BCUT2D eigenvalue weighted by Gasteiger charge is -2.16. The van der Waals surface area contributed by atoms with E-state index in [0.717, 1.165) is 30.4 Å². The predicted molar refractivity (Wildman–Crippen MR) is 87.3 cm³/mol. The first-order valence-corrected chi connectivity index (χ1v) is 7.85. The number of benzene rings is 1. The smallest absolute Gasteiger partial charge is 0.119 e. The lowest BCUT2D eigenvalue weighted by molar-refractivity contribution is 0.232. The topological polar surface area (TPSA) is 38.5 Å². The van der Waals surface area contributed by atoms with E-state index in [1.165, 1.54) is 32.4 Å². The average Bonchev–Trinajstić information content (AvgIpc) is 2.87. The molecule has 1 unspecified atom stereocenters. The van der Waals surface area contributed by atoms with Gasteiger partial charge in [-0.2, -0.15) is 0 Å². The Morgan fingerprint density at radius 2 is 2.15 bits per heavy atom. The average molecular weight is 292 g/mol. The molecule has 1 atom stereocenters. The first kappa shape index (κ1) is 15.3. The van der Waals surface area contributed by atoms with Crippen LogP contribution in [0.2, 0.25) is 0 Å². The molecule has 1 fully saturated rings. The molecule has 1 aliphatic heterocycles. The van der Waals surface area contributed by atoms with Gasteiger partial charge in [0.2, 0.25) is 0 Å². The maximum atomic E-state index is 5.77. The highest BCUT2D eigenvalue weighted by Crippen LogP contribution is 2.20. The summed E-state index contributed by atoms with van der Waals surface area (Å²) in [6.07, 6.45) is 4.00. The molecule has 1 aliphatic rings. The normalized spacial score (nSPS) is 19.1. The summed E-state index contributed by atoms with van der Waals surface area (Å²) in [5, 5.41) is 0. The van der Waals surface area contributed by atoms with E-state index in [4.69, 9.17) is 22.7 Å². The number of thiocarbonyl (C=S) groups is 1. The van der Waals surface area contributed by atoms with Crippen molar-refractivity contribution in [1.82, 2.24) is 4.90 Å². The number of hydrogen-bond acceptors (Lipinski definition) is 3. The number of rotatable bonds is 7. The van der Waals surface area contributed by atoms with Crippen LogP contribution in [0.15, 0.2) is 24.3 Å². The molecule has 2 rings (SSSR count). The molecule has 1 aromatic carbocycles. The van der Waals surface area contributed by atoms with E-state index in [-0.39, 0.29) is 0 Å². The summed E-state index contributed by atoms with van der Waals surface area (Å²) in [7, 11) is 0. The van der Waals surface area contributed by atoms with Crippen LogP contribution in [0.25, 0.3) is 0 Å². The number of ether oxygens (including phenoxy) is 1. The van der Waals surface area contributed by atoms with Crippen molar-refractivity contribution >= 4 is 17.2 Å². The van der Waals surface area contributed by atoms with E-state index in [9.17, 15) is 0 Å². The minimum absolute atomic E-state index is 0.426. The Hall–Kier alpha value is -1.13. The van der Waals surface area contributed by atoms with E-state index >= 15 is 0 Å². The molecule has 3 nitrogen and oxygen atoms in total. The molecule has 1 saturated heterocycles. The first-order chi connectivity index (χ1) is 9.69. The summed E-state index contributed by atoms with van der Waals surface area (Å²) in [6.45, 7) is 6.47. The minimum atomic E-state index is 0.426. The van der Waals surface area contributed by atoms with Crippen molar-refractivity contribution in [2.75, 3.05) is 26.2 Å². The largest absolute Gasteiger partial charge is 0.492 e. The number of hydrogen-bond donors (Lipinski definition) is 1. The Kier molecular flexibility index (Phi) is 5.80. The van der Waals surface area contributed by atoms with E-state index in [1.54, 1.807) is 0 Å². The molecule has 0 aliphatic carbocycles. The second kappa shape index (κ2) is 7.60. The van der Waals surface area contributed by atoms with E-state index in [0.29, 0.717) is 4.99 Å². The van der Waals surface area contributed by atoms with Gasteiger partial charge in [-0.05, 0) is 49.6 Å². The zero-order valence-corrected chi connectivity index (χ0v) is 13.0. The summed E-state index contributed by atoms with van der Waals surface area (Å²) in [4.78, 5) is 2.93. The van der Waals surface area contributed by atoms with Gasteiger partial charge in [-0.15, -0.1) is 0 Å². The van der Waals surface area contributed by atoms with Crippen LogP contribution in [0, 0.1) is 5.92 Å². The highest BCUT2D eigenvalue weighted by molar-refractivity contribution is 7.80. The molecule has 20 heavy (non-hydrogen) atoms. The van der Waals surface area contributed by atoms with E-state index in [2.05, 4.69) is 11.8 Å². The molecule has 4 heteroatoms. The molecule has 0 saturated carbocycles. The Morgan fingerprint density at radius 1 is 1.40 bits per heavy atom. The van der Waals surface area contributed by atoms with Crippen LogP contribution in [-0.4, -0.2) is 36.1 Å². The van der Waals surface area contributed by atoms with Crippen molar-refractivity contribution in [1.29, 1.82) is 0 Å². The molecular formula is C16H24N2OS. The summed E-state index contributed by atoms with van der Waals surface area (Å²) < 4.78 is 5.77. The molecular weight excluding hydrogens is 268 g/mol. The quantitative estimate of drug-likeness (QED) is 0.784. The Labute approximate surface area is 127 Å². The molecule has 0 radical (unpaired) electrons. The van der Waals surface area contributed by atoms with Crippen LogP contribution >= 0.6 is 12.2 Å². The van der Waals surface area contributed by atoms with Crippen molar-refractivity contribution in [3.05, 3.63) is 29.8 Å². The first-order valence-electron chi connectivity index (χ1n) is 7.44. The standard InChI is InChI=1S/C16H24N2OS/c1-2-3-13-8-9-18(12-13)10-11-19-15-6-4-14(5-7-15)16(17)20/h4-7,13H,2-3,8-12H2,1H3,(H2,17,20). The third-order valence-electron chi connectivity index (χ3n) is 3.88. The molecule has 1 heterocycles. The number of nitrogens with zero attached hydrogens (tertiary/aromatic N) is 1. The summed E-state index contributed by atoms with van der Waals surface area (Å²) >= 11 is 4.93. The fourth-order valence-electron chi connectivity index (χ4n) is 2.77. The summed E-state index contributed by atoms with van der Waals surface area (Å²) in [5.74, 6) is 1.78. The summed E-state index contributed by atoms with van der Waals surface area (Å²) in [6, 6.07) is 7.67. The van der Waals surface area contributed by atoms with Crippen molar-refractivity contribution in [3.8, 4) is 5.75 Å². The highest BCUT2D eigenvalue weighted by atomic mass is 32.1. The van der Waals surface area contributed by atoms with Gasteiger partial charge < -0.3 is 10.5 Å². The van der Waals surface area contributed by atoms with Crippen molar-refractivity contribution < 1.29 is 4.74 Å². The lowest BCUT2D eigenvalue weighted by Crippen LogP contribution is -2.26. The van der Waals surface area contributed by atoms with Gasteiger partial charge in [0.1, 0.15) is 17.3 Å². The number of nitrogens with two attached hydrogens (primary N) is 1. The van der Waals surface area contributed by atoms with Crippen molar-refractivity contribution in [3.63, 3.8) is 0 Å². The second-order valence-electron chi connectivity index (χ2n) is 5.48. The van der Waals surface area contributed by atoms with Gasteiger partial charge in [0.05, 0.1) is 0 Å². The molecule has 110 valence electrons. The van der Waals surface area contributed by atoms with Crippen LogP contribution in [0.4, 0.5) is 0 Å². The zero-order valence-electron chi connectivity index (χ0n) is 12.2. The molecule has 0 amide bonds. The van der Waals surface area contributed by atoms with Gasteiger partial charge in [0.25, 0.3) is 0 Å². The van der Waals surface area contributed by atoms with E-state index < -0.39 is 0 Å². The van der Waals surface area contributed by atoms with Gasteiger partial charge in [-0.3, -0.25) is 4.90 Å².